The van der Waals surface area contributed by atoms with Gasteiger partial charge in [-0.05, 0) is 38.2 Å². The van der Waals surface area contributed by atoms with Gasteiger partial charge < -0.3 is 10.5 Å². The maximum Gasteiger partial charge on any atom is 0.0718 e. The van der Waals surface area contributed by atoms with Crippen LogP contribution in [0, 0.1) is 0 Å². The van der Waals surface area contributed by atoms with Crippen molar-refractivity contribution in [3.05, 3.63) is 30.0 Å². The van der Waals surface area contributed by atoms with Crippen LogP contribution in [0.4, 0.5) is 0 Å². The molecular formula is C17H25N3O. The fourth-order valence-corrected chi connectivity index (χ4v) is 3.22. The Bertz CT molecular complexity index is 587. The number of hydrogen-bond acceptors (Lipinski definition) is 3. The van der Waals surface area contributed by atoms with Crippen LogP contribution in [0.5, 0.6) is 0 Å². The van der Waals surface area contributed by atoms with Crippen molar-refractivity contribution < 1.29 is 4.74 Å². The number of ether oxygens (including phenoxy) is 1. The zero-order valence-corrected chi connectivity index (χ0v) is 12.8. The van der Waals surface area contributed by atoms with Gasteiger partial charge in [0.05, 0.1) is 17.3 Å². The molecule has 1 saturated heterocycles. The highest BCUT2D eigenvalue weighted by atomic mass is 16.5. The van der Waals surface area contributed by atoms with Crippen molar-refractivity contribution in [2.24, 2.45) is 12.8 Å². The second kappa shape index (κ2) is 6.58. The van der Waals surface area contributed by atoms with Crippen LogP contribution in [-0.2, 0) is 18.2 Å². The van der Waals surface area contributed by atoms with Gasteiger partial charge in [0.25, 0.3) is 0 Å². The van der Waals surface area contributed by atoms with Crippen molar-refractivity contribution in [3.63, 3.8) is 0 Å². The Morgan fingerprint density at radius 1 is 1.38 bits per heavy atom. The molecular weight excluding hydrogens is 262 g/mol. The summed E-state index contributed by atoms with van der Waals surface area (Å²) in [7, 11) is 1.99. The van der Waals surface area contributed by atoms with Crippen LogP contribution in [0.1, 0.15) is 37.8 Å². The highest BCUT2D eigenvalue weighted by Crippen LogP contribution is 2.21. The van der Waals surface area contributed by atoms with Crippen LogP contribution in [0.2, 0.25) is 0 Å². The number of fused-ring (bicyclic) bond motifs is 1. The lowest BCUT2D eigenvalue weighted by atomic mass is 9.99. The molecule has 4 heteroatoms. The van der Waals surface area contributed by atoms with Gasteiger partial charge in [0.1, 0.15) is 0 Å². The van der Waals surface area contributed by atoms with Gasteiger partial charge in [-0.3, -0.25) is 4.68 Å². The quantitative estimate of drug-likeness (QED) is 0.920. The molecule has 0 spiro atoms. The minimum absolute atomic E-state index is 0.161. The Labute approximate surface area is 126 Å². The lowest BCUT2D eigenvalue weighted by Gasteiger charge is -2.23. The fraction of sp³-hybridized carbons (Fsp3) is 0.588. The van der Waals surface area contributed by atoms with E-state index in [4.69, 9.17) is 10.5 Å². The molecule has 114 valence electrons. The molecule has 3 rings (SSSR count). The Balaban J connectivity index is 1.59. The first kappa shape index (κ1) is 14.5. The Morgan fingerprint density at radius 3 is 3.05 bits per heavy atom. The number of hydrogen-bond donors (Lipinski definition) is 1. The van der Waals surface area contributed by atoms with Crippen molar-refractivity contribution >= 4 is 10.9 Å². The molecule has 0 amide bonds. The third kappa shape index (κ3) is 3.44. The average Bonchev–Trinajstić information content (AvgIpc) is 2.83. The molecule has 1 aromatic carbocycles. The summed E-state index contributed by atoms with van der Waals surface area (Å²) in [6, 6.07) is 8.51. The van der Waals surface area contributed by atoms with E-state index in [1.165, 1.54) is 30.2 Å². The van der Waals surface area contributed by atoms with E-state index < -0.39 is 0 Å². The number of rotatable bonds is 5. The Hall–Kier alpha value is -1.39. The van der Waals surface area contributed by atoms with Crippen molar-refractivity contribution in [1.82, 2.24) is 9.78 Å². The van der Waals surface area contributed by atoms with E-state index >= 15 is 0 Å². The highest BCUT2D eigenvalue weighted by molar-refractivity contribution is 5.81. The van der Waals surface area contributed by atoms with E-state index in [2.05, 4.69) is 23.3 Å². The summed E-state index contributed by atoms with van der Waals surface area (Å²) in [5.41, 5.74) is 8.61. The van der Waals surface area contributed by atoms with E-state index in [0.29, 0.717) is 6.10 Å². The van der Waals surface area contributed by atoms with E-state index in [1.54, 1.807) is 0 Å². The summed E-state index contributed by atoms with van der Waals surface area (Å²) in [6.45, 7) is 0.921. The maximum absolute atomic E-state index is 6.32. The summed E-state index contributed by atoms with van der Waals surface area (Å²) in [6.07, 6.45) is 7.05. The number of aryl methyl sites for hydroxylation is 1. The van der Waals surface area contributed by atoms with Crippen LogP contribution in [0.15, 0.2) is 24.3 Å². The zero-order chi connectivity index (χ0) is 14.7. The second-order valence-corrected chi connectivity index (χ2v) is 6.12. The summed E-state index contributed by atoms with van der Waals surface area (Å²) in [4.78, 5) is 0. The molecule has 1 fully saturated rings. The van der Waals surface area contributed by atoms with Gasteiger partial charge in [-0.25, -0.2) is 0 Å². The Kier molecular flexibility index (Phi) is 4.56. The lowest BCUT2D eigenvalue weighted by molar-refractivity contribution is 0.00915. The fourth-order valence-electron chi connectivity index (χ4n) is 3.22. The number of benzene rings is 1. The molecule has 0 aliphatic carbocycles. The summed E-state index contributed by atoms with van der Waals surface area (Å²) in [5.74, 6) is 0. The standard InChI is InChI=1S/C17H25N3O/c1-20-17-8-3-2-7-15(17)16(19-20)12-13(18)9-10-14-6-4-5-11-21-14/h2-3,7-8,13-14H,4-6,9-12,18H2,1H3. The molecule has 2 heterocycles. The minimum atomic E-state index is 0.161. The van der Waals surface area contributed by atoms with E-state index in [0.717, 1.165) is 31.6 Å². The molecule has 2 N–H and O–H groups in total. The monoisotopic (exact) mass is 287 g/mol. The average molecular weight is 287 g/mol. The largest absolute Gasteiger partial charge is 0.378 e. The molecule has 0 saturated carbocycles. The van der Waals surface area contributed by atoms with Crippen LogP contribution in [0.3, 0.4) is 0 Å². The minimum Gasteiger partial charge on any atom is -0.378 e. The number of para-hydroxylation sites is 1. The van der Waals surface area contributed by atoms with Gasteiger partial charge in [-0.2, -0.15) is 5.10 Å². The first-order chi connectivity index (χ1) is 10.2. The summed E-state index contributed by atoms with van der Waals surface area (Å²) < 4.78 is 7.72. The third-order valence-electron chi connectivity index (χ3n) is 4.42. The number of nitrogens with two attached hydrogens (primary N) is 1. The lowest BCUT2D eigenvalue weighted by Crippen LogP contribution is -2.27. The van der Waals surface area contributed by atoms with Gasteiger partial charge in [0, 0.05) is 31.5 Å². The molecule has 2 atom stereocenters. The zero-order valence-electron chi connectivity index (χ0n) is 12.8. The van der Waals surface area contributed by atoms with Gasteiger partial charge >= 0.3 is 0 Å². The summed E-state index contributed by atoms with van der Waals surface area (Å²) >= 11 is 0. The van der Waals surface area contributed by atoms with Crippen LogP contribution in [0.25, 0.3) is 10.9 Å². The molecule has 1 aromatic heterocycles. The number of aromatic nitrogens is 2. The van der Waals surface area contributed by atoms with Gasteiger partial charge in [-0.1, -0.05) is 18.2 Å². The van der Waals surface area contributed by atoms with E-state index in [1.807, 2.05) is 17.8 Å². The van der Waals surface area contributed by atoms with Gasteiger partial charge in [0.2, 0.25) is 0 Å². The third-order valence-corrected chi connectivity index (χ3v) is 4.42. The molecule has 0 bridgehead atoms. The normalized spacial score (nSPS) is 20.8. The Morgan fingerprint density at radius 2 is 2.24 bits per heavy atom. The molecule has 2 unspecified atom stereocenters. The van der Waals surface area contributed by atoms with Crippen LogP contribution >= 0.6 is 0 Å². The smallest absolute Gasteiger partial charge is 0.0718 e. The van der Waals surface area contributed by atoms with Gasteiger partial charge in [0.15, 0.2) is 0 Å². The molecule has 21 heavy (non-hydrogen) atoms. The highest BCUT2D eigenvalue weighted by Gasteiger charge is 2.17. The predicted octanol–water partition coefficient (Wildman–Crippen LogP) is 2.79. The van der Waals surface area contributed by atoms with Crippen molar-refractivity contribution in [2.45, 2.75) is 50.7 Å². The van der Waals surface area contributed by atoms with Crippen LogP contribution < -0.4 is 5.73 Å². The molecule has 1 aliphatic rings. The van der Waals surface area contributed by atoms with E-state index in [9.17, 15) is 0 Å². The molecule has 0 radical (unpaired) electrons. The first-order valence-electron chi connectivity index (χ1n) is 8.02. The topological polar surface area (TPSA) is 53.1 Å². The SMILES string of the molecule is Cn1nc(CC(N)CCC2CCCCO2)c2ccccc21. The first-order valence-corrected chi connectivity index (χ1v) is 8.02. The maximum atomic E-state index is 6.32. The number of nitrogens with zero attached hydrogens (tertiary/aromatic N) is 2. The molecule has 1 aliphatic heterocycles. The second-order valence-electron chi connectivity index (χ2n) is 6.12. The van der Waals surface area contributed by atoms with Crippen LogP contribution in [-0.4, -0.2) is 28.5 Å². The molecule has 2 aromatic rings. The predicted molar refractivity (Wildman–Crippen MR) is 85.2 cm³/mol. The van der Waals surface area contributed by atoms with Crippen molar-refractivity contribution in [2.75, 3.05) is 6.61 Å². The summed E-state index contributed by atoms with van der Waals surface area (Å²) in [5, 5.41) is 5.86. The van der Waals surface area contributed by atoms with Crippen molar-refractivity contribution in [3.8, 4) is 0 Å². The van der Waals surface area contributed by atoms with E-state index in [-0.39, 0.29) is 6.04 Å². The van der Waals surface area contributed by atoms with Gasteiger partial charge in [-0.15, -0.1) is 0 Å². The molecule has 4 nitrogen and oxygen atoms in total. The van der Waals surface area contributed by atoms with Crippen molar-refractivity contribution in [1.29, 1.82) is 0 Å².